The number of benzene rings is 1. The second-order valence-corrected chi connectivity index (χ2v) is 7.09. The molecule has 2 aliphatic carbocycles. The average Bonchev–Trinajstić information content (AvgIpc) is 3.10. The Morgan fingerprint density at radius 3 is 2.38 bits per heavy atom. The summed E-state index contributed by atoms with van der Waals surface area (Å²) >= 11 is 0. The second-order valence-electron chi connectivity index (χ2n) is 7.09. The number of carboxylic acid groups (broad SMARTS) is 1. The summed E-state index contributed by atoms with van der Waals surface area (Å²) in [5.74, 6) is -2.04. The fourth-order valence-electron chi connectivity index (χ4n) is 4.29. The third kappa shape index (κ3) is 2.91. The van der Waals surface area contributed by atoms with Gasteiger partial charge in [0.25, 0.3) is 0 Å². The van der Waals surface area contributed by atoms with Crippen LogP contribution in [0.3, 0.4) is 0 Å². The number of hydrogen-bond donors (Lipinski definition) is 2. The number of esters is 1. The van der Waals surface area contributed by atoms with Crippen molar-refractivity contribution in [2.24, 2.45) is 23.5 Å². The Balaban J connectivity index is 0.00000208. The number of fused-ring (bicyclic) bond motifs is 1. The number of aliphatic carboxylic acids is 1. The molecular formula is C18H24ClNO4. The first kappa shape index (κ1) is 18.7. The van der Waals surface area contributed by atoms with E-state index in [4.69, 9.17) is 10.5 Å². The van der Waals surface area contributed by atoms with Crippen LogP contribution >= 0.6 is 12.4 Å². The fourth-order valence-corrected chi connectivity index (χ4v) is 4.29. The molecule has 0 aliphatic heterocycles. The fraction of sp³-hybridized carbons (Fsp3) is 0.556. The summed E-state index contributed by atoms with van der Waals surface area (Å²) < 4.78 is 5.48. The van der Waals surface area contributed by atoms with Crippen molar-refractivity contribution < 1.29 is 19.4 Å². The summed E-state index contributed by atoms with van der Waals surface area (Å²) in [6.45, 7) is 6.20. The van der Waals surface area contributed by atoms with Crippen LogP contribution in [0.1, 0.15) is 35.1 Å². The zero-order valence-electron chi connectivity index (χ0n) is 14.2. The molecule has 1 aromatic carbocycles. The number of hydrogen-bond acceptors (Lipinski definition) is 4. The number of nitrogens with two attached hydrogens (primary N) is 1. The van der Waals surface area contributed by atoms with Crippen LogP contribution in [0.2, 0.25) is 0 Å². The maximum atomic E-state index is 12.5. The molecule has 0 amide bonds. The van der Waals surface area contributed by atoms with Crippen LogP contribution in [0, 0.1) is 38.5 Å². The van der Waals surface area contributed by atoms with Crippen molar-refractivity contribution in [3.05, 3.63) is 34.4 Å². The van der Waals surface area contributed by atoms with E-state index in [0.29, 0.717) is 12.8 Å². The van der Waals surface area contributed by atoms with E-state index in [-0.39, 0.29) is 30.8 Å². The predicted molar refractivity (Wildman–Crippen MR) is 92.0 cm³/mol. The largest absolute Gasteiger partial charge is 0.481 e. The minimum atomic E-state index is -1.14. The van der Waals surface area contributed by atoms with Crippen molar-refractivity contribution in [1.82, 2.24) is 0 Å². The van der Waals surface area contributed by atoms with Crippen LogP contribution in [0.15, 0.2) is 12.1 Å². The van der Waals surface area contributed by atoms with Crippen LogP contribution in [-0.2, 0) is 20.9 Å². The van der Waals surface area contributed by atoms with Gasteiger partial charge in [-0.2, -0.15) is 0 Å². The Labute approximate surface area is 148 Å². The third-order valence-electron chi connectivity index (χ3n) is 5.51. The number of aryl methyl sites for hydroxylation is 3. The van der Waals surface area contributed by atoms with Crippen molar-refractivity contribution in [3.8, 4) is 0 Å². The van der Waals surface area contributed by atoms with Crippen molar-refractivity contribution in [3.63, 3.8) is 0 Å². The third-order valence-corrected chi connectivity index (χ3v) is 5.51. The van der Waals surface area contributed by atoms with Gasteiger partial charge in [-0.3, -0.25) is 9.59 Å². The maximum Gasteiger partial charge on any atom is 0.326 e. The maximum absolute atomic E-state index is 12.5. The Bertz CT molecular complexity index is 667. The lowest BCUT2D eigenvalue weighted by Gasteiger charge is -2.25. The average molecular weight is 354 g/mol. The zero-order valence-corrected chi connectivity index (χ0v) is 15.0. The van der Waals surface area contributed by atoms with Gasteiger partial charge >= 0.3 is 11.9 Å². The van der Waals surface area contributed by atoms with Gasteiger partial charge in [0, 0.05) is 5.92 Å². The minimum Gasteiger partial charge on any atom is -0.481 e. The summed E-state index contributed by atoms with van der Waals surface area (Å²) in [6.07, 6.45) is 1.20. The SMILES string of the molecule is Cc1cc(C)c(COC(=O)[C@]2(N)CC[C@H]3[C@H](C(=O)O)[C@H]32)c(C)c1.Cl. The van der Waals surface area contributed by atoms with Gasteiger partial charge in [0.2, 0.25) is 0 Å². The highest BCUT2D eigenvalue weighted by Gasteiger charge is 2.70. The summed E-state index contributed by atoms with van der Waals surface area (Å²) in [4.78, 5) is 23.7. The van der Waals surface area contributed by atoms with Gasteiger partial charge in [0.05, 0.1) is 5.92 Å². The van der Waals surface area contributed by atoms with Crippen LogP contribution in [-0.4, -0.2) is 22.6 Å². The molecule has 5 nitrogen and oxygen atoms in total. The highest BCUT2D eigenvalue weighted by Crippen LogP contribution is 2.61. The molecule has 132 valence electrons. The molecule has 24 heavy (non-hydrogen) atoms. The topological polar surface area (TPSA) is 89.6 Å². The Kier molecular flexibility index (Phi) is 4.98. The quantitative estimate of drug-likeness (QED) is 0.812. The van der Waals surface area contributed by atoms with Crippen molar-refractivity contribution in [1.29, 1.82) is 0 Å². The highest BCUT2D eigenvalue weighted by molar-refractivity contribution is 5.86. The Hall–Kier alpha value is -1.59. The lowest BCUT2D eigenvalue weighted by atomic mass is 9.91. The lowest BCUT2D eigenvalue weighted by Crippen LogP contribution is -2.50. The minimum absolute atomic E-state index is 0. The monoisotopic (exact) mass is 353 g/mol. The summed E-state index contributed by atoms with van der Waals surface area (Å²) in [5, 5.41) is 9.17. The Morgan fingerprint density at radius 1 is 1.29 bits per heavy atom. The second kappa shape index (κ2) is 6.37. The standard InChI is InChI=1S/C18H23NO4.ClH/c1-9-6-10(2)13(11(3)7-9)8-23-17(22)18(19)5-4-12-14(15(12)18)16(20)21;/h6-7,12,14-15H,4-5,8,19H2,1-3H3,(H,20,21);1H/t12-,14-,15-,18-;/m0./s1. The molecular weight excluding hydrogens is 330 g/mol. The molecule has 2 aliphatic rings. The summed E-state index contributed by atoms with van der Waals surface area (Å²) in [5.41, 5.74) is 9.44. The van der Waals surface area contributed by atoms with Gasteiger partial charge in [0.15, 0.2) is 0 Å². The Morgan fingerprint density at radius 2 is 1.88 bits per heavy atom. The van der Waals surface area contributed by atoms with Gasteiger partial charge in [-0.15, -0.1) is 12.4 Å². The molecule has 2 fully saturated rings. The van der Waals surface area contributed by atoms with E-state index in [2.05, 4.69) is 12.1 Å². The molecule has 6 heteroatoms. The van der Waals surface area contributed by atoms with Gasteiger partial charge in [-0.05, 0) is 56.2 Å². The smallest absolute Gasteiger partial charge is 0.326 e. The number of rotatable bonds is 4. The molecule has 3 rings (SSSR count). The number of carboxylic acids is 1. The first-order chi connectivity index (χ1) is 10.8. The summed E-state index contributed by atoms with van der Waals surface area (Å²) in [7, 11) is 0. The van der Waals surface area contributed by atoms with Gasteiger partial charge < -0.3 is 15.6 Å². The molecule has 0 heterocycles. The van der Waals surface area contributed by atoms with Gasteiger partial charge in [-0.25, -0.2) is 0 Å². The van der Waals surface area contributed by atoms with Crippen molar-refractivity contribution in [2.45, 2.75) is 45.8 Å². The molecule has 0 unspecified atom stereocenters. The highest BCUT2D eigenvalue weighted by atomic mass is 35.5. The first-order valence-electron chi connectivity index (χ1n) is 8.01. The van der Waals surface area contributed by atoms with Crippen LogP contribution in [0.5, 0.6) is 0 Å². The number of halogens is 1. The molecule has 3 N–H and O–H groups in total. The molecule has 2 saturated carbocycles. The molecule has 1 aromatic rings. The van der Waals surface area contributed by atoms with E-state index in [1.54, 1.807) is 0 Å². The first-order valence-corrected chi connectivity index (χ1v) is 8.01. The lowest BCUT2D eigenvalue weighted by molar-refractivity contribution is -0.153. The molecule has 4 atom stereocenters. The zero-order chi connectivity index (χ0) is 16.9. The van der Waals surface area contributed by atoms with Gasteiger partial charge in [0.1, 0.15) is 12.1 Å². The van der Waals surface area contributed by atoms with E-state index < -0.39 is 23.4 Å². The molecule has 0 saturated heterocycles. The normalized spacial score (nSPS) is 30.2. The molecule has 0 spiro atoms. The van der Waals surface area contributed by atoms with Crippen LogP contribution in [0.4, 0.5) is 0 Å². The van der Waals surface area contributed by atoms with E-state index in [0.717, 1.165) is 16.7 Å². The molecule has 0 bridgehead atoms. The van der Waals surface area contributed by atoms with E-state index in [1.807, 2.05) is 20.8 Å². The van der Waals surface area contributed by atoms with E-state index in [9.17, 15) is 14.7 Å². The van der Waals surface area contributed by atoms with Crippen molar-refractivity contribution >= 4 is 24.3 Å². The number of carbonyl (C=O) groups excluding carboxylic acids is 1. The van der Waals surface area contributed by atoms with E-state index in [1.165, 1.54) is 5.56 Å². The number of carbonyl (C=O) groups is 2. The predicted octanol–water partition coefficient (Wildman–Crippen LogP) is 2.51. The summed E-state index contributed by atoms with van der Waals surface area (Å²) in [6, 6.07) is 4.11. The molecule has 0 aromatic heterocycles. The van der Waals surface area contributed by atoms with Crippen LogP contribution < -0.4 is 5.73 Å². The number of ether oxygens (including phenoxy) is 1. The van der Waals surface area contributed by atoms with Crippen molar-refractivity contribution in [2.75, 3.05) is 0 Å². The van der Waals surface area contributed by atoms with Crippen LogP contribution in [0.25, 0.3) is 0 Å². The van der Waals surface area contributed by atoms with Gasteiger partial charge in [-0.1, -0.05) is 17.7 Å². The molecule has 0 radical (unpaired) electrons. The van der Waals surface area contributed by atoms with E-state index >= 15 is 0 Å².